The summed E-state index contributed by atoms with van der Waals surface area (Å²) in [6.07, 6.45) is 0.736. The van der Waals surface area contributed by atoms with Crippen LogP contribution in [-0.2, 0) is 6.42 Å². The number of hydrogen-bond donors (Lipinski definition) is 0. The fourth-order valence-electron chi connectivity index (χ4n) is 0.925. The van der Waals surface area contributed by atoms with Gasteiger partial charge in [0.1, 0.15) is 5.82 Å². The fraction of sp³-hybridized carbons (Fsp3) is 0.222. The van der Waals surface area contributed by atoms with Crippen LogP contribution in [0, 0.1) is 17.1 Å². The van der Waals surface area contributed by atoms with Gasteiger partial charge in [0.25, 0.3) is 0 Å². The minimum Gasteiger partial charge on any atom is -0.207 e. The normalized spacial score (nSPS) is 9.42. The van der Waals surface area contributed by atoms with E-state index in [0.29, 0.717) is 23.4 Å². The first-order valence-electron chi connectivity index (χ1n) is 3.55. The quantitative estimate of drug-likeness (QED) is 0.692. The highest BCUT2D eigenvalue weighted by molar-refractivity contribution is 6.30. The zero-order valence-corrected chi connectivity index (χ0v) is 7.11. The second-order valence-electron chi connectivity index (χ2n) is 2.39. The SMILES string of the molecule is N#CCCc1cc(Cl)ccc1F. The zero-order valence-electron chi connectivity index (χ0n) is 6.35. The second-order valence-corrected chi connectivity index (χ2v) is 2.83. The molecule has 0 saturated carbocycles. The molecule has 0 bridgehead atoms. The van der Waals surface area contributed by atoms with Crippen LogP contribution < -0.4 is 0 Å². The van der Waals surface area contributed by atoms with E-state index in [2.05, 4.69) is 0 Å². The maximum atomic E-state index is 12.9. The lowest BCUT2D eigenvalue weighted by Gasteiger charge is -1.99. The van der Waals surface area contributed by atoms with Gasteiger partial charge in [-0.1, -0.05) is 11.6 Å². The molecule has 0 aliphatic heterocycles. The Morgan fingerprint density at radius 3 is 2.92 bits per heavy atom. The van der Waals surface area contributed by atoms with Crippen LogP contribution in [0.2, 0.25) is 5.02 Å². The Labute approximate surface area is 75.4 Å². The molecule has 3 heteroatoms. The van der Waals surface area contributed by atoms with Crippen LogP contribution in [0.4, 0.5) is 4.39 Å². The van der Waals surface area contributed by atoms with Crippen molar-refractivity contribution >= 4 is 11.6 Å². The molecule has 0 saturated heterocycles. The molecule has 0 N–H and O–H groups in total. The van der Waals surface area contributed by atoms with Crippen molar-refractivity contribution in [2.24, 2.45) is 0 Å². The summed E-state index contributed by atoms with van der Waals surface area (Å²) in [6, 6.07) is 6.31. The lowest BCUT2D eigenvalue weighted by atomic mass is 10.1. The van der Waals surface area contributed by atoms with Gasteiger partial charge >= 0.3 is 0 Å². The van der Waals surface area contributed by atoms with Crippen LogP contribution in [0.1, 0.15) is 12.0 Å². The summed E-state index contributed by atoms with van der Waals surface area (Å²) in [5, 5.41) is 8.79. The summed E-state index contributed by atoms with van der Waals surface area (Å²) in [4.78, 5) is 0. The number of rotatable bonds is 2. The van der Waals surface area contributed by atoms with Gasteiger partial charge in [-0.2, -0.15) is 5.26 Å². The Bertz CT molecular complexity index is 317. The Balaban J connectivity index is 2.84. The smallest absolute Gasteiger partial charge is 0.126 e. The minimum atomic E-state index is -0.297. The highest BCUT2D eigenvalue weighted by Gasteiger charge is 2.01. The van der Waals surface area contributed by atoms with Gasteiger partial charge in [0.15, 0.2) is 0 Å². The lowest BCUT2D eigenvalue weighted by molar-refractivity contribution is 0.610. The molecule has 12 heavy (non-hydrogen) atoms. The molecule has 1 aromatic rings. The molecule has 0 amide bonds. The van der Waals surface area contributed by atoms with E-state index in [1.54, 1.807) is 6.07 Å². The third kappa shape index (κ3) is 2.21. The van der Waals surface area contributed by atoms with E-state index in [4.69, 9.17) is 16.9 Å². The molecule has 0 aliphatic rings. The largest absolute Gasteiger partial charge is 0.207 e. The van der Waals surface area contributed by atoms with Crippen molar-refractivity contribution in [1.82, 2.24) is 0 Å². The topological polar surface area (TPSA) is 23.8 Å². The van der Waals surface area contributed by atoms with E-state index in [9.17, 15) is 4.39 Å². The predicted octanol–water partition coefficient (Wildman–Crippen LogP) is 2.94. The first-order chi connectivity index (χ1) is 5.74. The van der Waals surface area contributed by atoms with Gasteiger partial charge in [-0.3, -0.25) is 0 Å². The van der Waals surface area contributed by atoms with E-state index >= 15 is 0 Å². The molecule has 0 unspecified atom stereocenters. The molecule has 1 aromatic carbocycles. The van der Waals surface area contributed by atoms with Gasteiger partial charge in [0.05, 0.1) is 6.07 Å². The number of benzene rings is 1. The van der Waals surface area contributed by atoms with Crippen LogP contribution in [0.15, 0.2) is 18.2 Å². The van der Waals surface area contributed by atoms with E-state index in [1.165, 1.54) is 12.1 Å². The Kier molecular flexibility index (Phi) is 3.07. The number of nitriles is 1. The molecule has 62 valence electrons. The average molecular weight is 184 g/mol. The van der Waals surface area contributed by atoms with Crippen LogP contribution in [0.25, 0.3) is 0 Å². The molecule has 0 heterocycles. The Morgan fingerprint density at radius 2 is 2.25 bits per heavy atom. The predicted molar refractivity (Wildman–Crippen MR) is 45.3 cm³/mol. The third-order valence-electron chi connectivity index (χ3n) is 1.51. The van der Waals surface area contributed by atoms with Crippen LogP contribution in [-0.4, -0.2) is 0 Å². The zero-order chi connectivity index (χ0) is 8.97. The highest BCUT2D eigenvalue weighted by Crippen LogP contribution is 2.15. The van der Waals surface area contributed by atoms with E-state index in [-0.39, 0.29) is 5.82 Å². The van der Waals surface area contributed by atoms with Crippen molar-refractivity contribution in [3.63, 3.8) is 0 Å². The lowest BCUT2D eigenvalue weighted by Crippen LogP contribution is -1.89. The number of hydrogen-bond acceptors (Lipinski definition) is 1. The molecule has 0 aromatic heterocycles. The first-order valence-corrected chi connectivity index (χ1v) is 3.92. The Morgan fingerprint density at radius 1 is 1.50 bits per heavy atom. The van der Waals surface area contributed by atoms with Gasteiger partial charge in [-0.15, -0.1) is 0 Å². The van der Waals surface area contributed by atoms with Gasteiger partial charge < -0.3 is 0 Å². The molecule has 1 nitrogen and oxygen atoms in total. The maximum Gasteiger partial charge on any atom is 0.126 e. The van der Waals surface area contributed by atoms with Gasteiger partial charge in [0.2, 0.25) is 0 Å². The third-order valence-corrected chi connectivity index (χ3v) is 1.75. The molecule has 0 spiro atoms. The first kappa shape index (κ1) is 9.02. The fourth-order valence-corrected chi connectivity index (χ4v) is 1.12. The van der Waals surface area contributed by atoms with Gasteiger partial charge in [0, 0.05) is 11.4 Å². The van der Waals surface area contributed by atoms with E-state index < -0.39 is 0 Å². The van der Waals surface area contributed by atoms with Crippen LogP contribution in [0.3, 0.4) is 0 Å². The molecular formula is C9H7ClFN. The van der Waals surface area contributed by atoms with Gasteiger partial charge in [-0.05, 0) is 30.2 Å². The number of halogens is 2. The van der Waals surface area contributed by atoms with Crippen molar-refractivity contribution in [3.8, 4) is 6.07 Å². The monoisotopic (exact) mass is 183 g/mol. The van der Waals surface area contributed by atoms with Crippen molar-refractivity contribution < 1.29 is 4.39 Å². The van der Waals surface area contributed by atoms with E-state index in [1.807, 2.05) is 6.07 Å². The summed E-state index contributed by atoms with van der Waals surface area (Å²) in [5.74, 6) is -0.297. The molecule has 1 rings (SSSR count). The summed E-state index contributed by atoms with van der Waals surface area (Å²) in [5.41, 5.74) is 0.504. The molecule has 0 fully saturated rings. The summed E-state index contributed by atoms with van der Waals surface area (Å²) < 4.78 is 12.9. The van der Waals surface area contributed by atoms with Gasteiger partial charge in [-0.25, -0.2) is 4.39 Å². The van der Waals surface area contributed by atoms with Crippen molar-refractivity contribution in [2.45, 2.75) is 12.8 Å². The van der Waals surface area contributed by atoms with Crippen molar-refractivity contribution in [2.75, 3.05) is 0 Å². The molecule has 0 atom stereocenters. The molecular weight excluding hydrogens is 177 g/mol. The summed E-state index contributed by atoms with van der Waals surface area (Å²) in [6.45, 7) is 0. The number of aryl methyl sites for hydroxylation is 1. The second kappa shape index (κ2) is 4.08. The standard InChI is InChI=1S/C9H7ClFN/c10-8-3-4-9(11)7(6-8)2-1-5-12/h3-4,6H,1-2H2. The average Bonchev–Trinajstić information content (AvgIpc) is 2.07. The minimum absolute atomic E-state index is 0.297. The molecule has 0 aliphatic carbocycles. The number of nitrogens with zero attached hydrogens (tertiary/aromatic N) is 1. The molecule has 0 radical (unpaired) electrons. The van der Waals surface area contributed by atoms with Crippen molar-refractivity contribution in [3.05, 3.63) is 34.6 Å². The van der Waals surface area contributed by atoms with Crippen LogP contribution in [0.5, 0.6) is 0 Å². The van der Waals surface area contributed by atoms with E-state index in [0.717, 1.165) is 0 Å². The Hall–Kier alpha value is -1.07. The summed E-state index contributed by atoms with van der Waals surface area (Å²) in [7, 11) is 0. The maximum absolute atomic E-state index is 12.9. The van der Waals surface area contributed by atoms with Crippen LogP contribution >= 0.6 is 11.6 Å². The highest BCUT2D eigenvalue weighted by atomic mass is 35.5. The summed E-state index contributed by atoms with van der Waals surface area (Å²) >= 11 is 5.65. The van der Waals surface area contributed by atoms with Crippen molar-refractivity contribution in [1.29, 1.82) is 5.26 Å².